The van der Waals surface area contributed by atoms with E-state index in [0.29, 0.717) is 5.56 Å². The predicted octanol–water partition coefficient (Wildman–Crippen LogP) is 8.69. The van der Waals surface area contributed by atoms with Crippen molar-refractivity contribution < 1.29 is 9.59 Å². The Morgan fingerprint density at radius 3 is 2.23 bits per heavy atom. The maximum Gasteiger partial charge on any atom is 0.216 e. The number of para-hydroxylation sites is 1. The van der Waals surface area contributed by atoms with Gasteiger partial charge in [0.2, 0.25) is 5.78 Å². The Kier molecular flexibility index (Phi) is 5.48. The fourth-order valence-corrected chi connectivity index (χ4v) is 7.11. The quantitative estimate of drug-likeness (QED) is 0.170. The van der Waals surface area contributed by atoms with Crippen molar-refractivity contribution in [2.75, 3.05) is 4.90 Å². The van der Waals surface area contributed by atoms with Gasteiger partial charge in [0.25, 0.3) is 0 Å². The van der Waals surface area contributed by atoms with Crippen molar-refractivity contribution in [2.45, 2.75) is 26.2 Å². The van der Waals surface area contributed by atoms with Crippen molar-refractivity contribution in [3.8, 4) is 10.4 Å². The Morgan fingerprint density at radius 1 is 0.750 bits per heavy atom. The summed E-state index contributed by atoms with van der Waals surface area (Å²) in [4.78, 5) is 34.4. The highest BCUT2D eigenvalue weighted by Crippen LogP contribution is 2.54. The number of ketones is 2. The lowest BCUT2D eigenvalue weighted by molar-refractivity contribution is 0.0989. The molecule has 5 heteroatoms. The smallest absolute Gasteiger partial charge is 0.216 e. The number of nitrogens with zero attached hydrogens (tertiary/aromatic N) is 2. The summed E-state index contributed by atoms with van der Waals surface area (Å²) >= 11 is 1.63. The first-order valence-electron chi connectivity index (χ1n) is 13.3. The molecule has 4 nitrogen and oxygen atoms in total. The summed E-state index contributed by atoms with van der Waals surface area (Å²) in [5.41, 5.74) is 8.81. The lowest BCUT2D eigenvalue weighted by atomic mass is 9.82. The van der Waals surface area contributed by atoms with E-state index in [4.69, 9.17) is 0 Å². The molecule has 0 aliphatic heterocycles. The maximum absolute atomic E-state index is 12.9. The zero-order valence-electron chi connectivity index (χ0n) is 22.4. The van der Waals surface area contributed by atoms with E-state index in [0.717, 1.165) is 21.9 Å². The molecular weight excluding hydrogens is 512 g/mol. The van der Waals surface area contributed by atoms with E-state index >= 15 is 0 Å². The molecule has 2 aliphatic rings. The Hall–Kier alpha value is -4.61. The lowest BCUT2D eigenvalue weighted by Gasteiger charge is -2.28. The number of thiophene rings is 1. The molecule has 0 fully saturated rings. The molecule has 0 amide bonds. The molecule has 0 N–H and O–H groups in total. The molecular formula is C35H26N2O2S. The second kappa shape index (κ2) is 8.97. The molecule has 2 aliphatic carbocycles. The molecule has 0 saturated heterocycles. The second-order valence-corrected chi connectivity index (χ2v) is 12.0. The van der Waals surface area contributed by atoms with E-state index in [1.54, 1.807) is 35.7 Å². The van der Waals surface area contributed by atoms with Crippen LogP contribution in [0.5, 0.6) is 0 Å². The SMILES string of the molecule is Cc1ccc(N(c2ccccc2)c2ccc3c(c2)C(C)(C)c2cc(/C=C4\C(=O)c5cccnc5C4=O)sc2-3)cc1. The highest BCUT2D eigenvalue weighted by Gasteiger charge is 2.39. The van der Waals surface area contributed by atoms with Gasteiger partial charge in [-0.3, -0.25) is 14.6 Å². The Balaban J connectivity index is 1.30. The molecule has 194 valence electrons. The Labute approximate surface area is 237 Å². The van der Waals surface area contributed by atoms with Crippen LogP contribution in [-0.4, -0.2) is 16.6 Å². The second-order valence-electron chi connectivity index (χ2n) is 10.9. The number of carbonyl (C=O) groups excluding carboxylic acids is 2. The van der Waals surface area contributed by atoms with Crippen molar-refractivity contribution in [3.63, 3.8) is 0 Å². The van der Waals surface area contributed by atoms with Gasteiger partial charge in [0.1, 0.15) is 5.69 Å². The van der Waals surface area contributed by atoms with Crippen molar-refractivity contribution in [1.29, 1.82) is 0 Å². The molecule has 0 saturated carbocycles. The fraction of sp³-hybridized carbons (Fsp3) is 0.114. The van der Waals surface area contributed by atoms with Gasteiger partial charge in [0.15, 0.2) is 5.78 Å². The predicted molar refractivity (Wildman–Crippen MR) is 162 cm³/mol. The van der Waals surface area contributed by atoms with Crippen LogP contribution in [0.2, 0.25) is 0 Å². The van der Waals surface area contributed by atoms with Crippen LogP contribution in [-0.2, 0) is 5.41 Å². The number of aryl methyl sites for hydroxylation is 1. The van der Waals surface area contributed by atoms with Gasteiger partial charge < -0.3 is 4.90 Å². The van der Waals surface area contributed by atoms with Gasteiger partial charge in [0, 0.05) is 38.4 Å². The van der Waals surface area contributed by atoms with Crippen molar-refractivity contribution in [3.05, 3.63) is 136 Å². The standard InChI is InChI=1S/C35H26N2O2S/c1-21-11-13-23(14-12-21)37(22-8-5-4-6-9-22)24-15-16-26-29(18-24)35(2,3)30-20-25(40-34(26)30)19-28-32(38)27-10-7-17-36-31(27)33(28)39/h4-20H,1-3H3/b28-19+. The third-order valence-electron chi connectivity index (χ3n) is 7.95. The van der Waals surface area contributed by atoms with Crippen LogP contribution in [0.3, 0.4) is 0 Å². The molecule has 2 heterocycles. The van der Waals surface area contributed by atoms with Crippen molar-refractivity contribution in [1.82, 2.24) is 4.98 Å². The monoisotopic (exact) mass is 538 g/mol. The van der Waals surface area contributed by atoms with Crippen LogP contribution in [0.4, 0.5) is 17.1 Å². The number of benzene rings is 3. The summed E-state index contributed by atoms with van der Waals surface area (Å²) in [6.45, 7) is 6.59. The van der Waals surface area contributed by atoms with Gasteiger partial charge >= 0.3 is 0 Å². The van der Waals surface area contributed by atoms with Gasteiger partial charge in [-0.15, -0.1) is 11.3 Å². The van der Waals surface area contributed by atoms with E-state index < -0.39 is 0 Å². The third-order valence-corrected chi connectivity index (χ3v) is 9.07. The van der Waals surface area contributed by atoms with Crippen LogP contribution >= 0.6 is 11.3 Å². The Bertz CT molecular complexity index is 1830. The van der Waals surface area contributed by atoms with E-state index in [1.807, 2.05) is 6.07 Å². The van der Waals surface area contributed by atoms with Crippen LogP contribution in [0.1, 0.15) is 56.3 Å². The number of rotatable bonds is 4. The minimum absolute atomic E-state index is 0.193. The molecule has 40 heavy (non-hydrogen) atoms. The number of carbonyl (C=O) groups is 2. The number of Topliss-reactive ketones (excluding diaryl/α,β-unsaturated/α-hetero) is 2. The number of hydrogen-bond acceptors (Lipinski definition) is 5. The Morgan fingerprint density at radius 2 is 1.48 bits per heavy atom. The maximum atomic E-state index is 12.9. The highest BCUT2D eigenvalue weighted by molar-refractivity contribution is 7.16. The van der Waals surface area contributed by atoms with Crippen molar-refractivity contribution in [2.24, 2.45) is 0 Å². The van der Waals surface area contributed by atoms with Crippen LogP contribution < -0.4 is 4.90 Å². The summed E-state index contributed by atoms with van der Waals surface area (Å²) in [5.74, 6) is -0.543. The summed E-state index contributed by atoms with van der Waals surface area (Å²) < 4.78 is 0. The average molecular weight is 539 g/mol. The van der Waals surface area contributed by atoms with Crippen LogP contribution in [0, 0.1) is 6.92 Å². The molecule has 0 spiro atoms. The summed E-state index contributed by atoms with van der Waals surface area (Å²) in [5, 5.41) is 0. The lowest BCUT2D eigenvalue weighted by Crippen LogP contribution is -2.16. The number of allylic oxidation sites excluding steroid dienone is 1. The van der Waals surface area contributed by atoms with Gasteiger partial charge in [-0.05, 0) is 84.3 Å². The molecule has 5 aromatic rings. The molecule has 3 aromatic carbocycles. The average Bonchev–Trinajstić information content (AvgIpc) is 3.57. The minimum Gasteiger partial charge on any atom is -0.310 e. The largest absolute Gasteiger partial charge is 0.310 e. The van der Waals surface area contributed by atoms with Crippen LogP contribution in [0.25, 0.3) is 16.5 Å². The van der Waals surface area contributed by atoms with Crippen LogP contribution in [0.15, 0.2) is 103 Å². The normalized spacial score (nSPS) is 15.7. The summed E-state index contributed by atoms with van der Waals surface area (Å²) in [6.07, 6.45) is 3.30. The molecule has 2 aromatic heterocycles. The first kappa shape index (κ1) is 24.4. The molecule has 0 bridgehead atoms. The van der Waals surface area contributed by atoms with Gasteiger partial charge in [0.05, 0.1) is 11.1 Å². The number of aromatic nitrogens is 1. The number of fused-ring (bicyclic) bond motifs is 4. The number of hydrogen-bond donors (Lipinski definition) is 0. The van der Waals surface area contributed by atoms with Crippen molar-refractivity contribution >= 4 is 46.0 Å². The molecule has 0 atom stereocenters. The topological polar surface area (TPSA) is 50.3 Å². The first-order chi connectivity index (χ1) is 19.3. The zero-order valence-corrected chi connectivity index (χ0v) is 23.3. The summed E-state index contributed by atoms with van der Waals surface area (Å²) in [6, 6.07) is 31.2. The van der Waals surface area contributed by atoms with E-state index in [-0.39, 0.29) is 28.2 Å². The third kappa shape index (κ3) is 3.69. The van der Waals surface area contributed by atoms with Gasteiger partial charge in [-0.1, -0.05) is 55.8 Å². The summed E-state index contributed by atoms with van der Waals surface area (Å²) in [7, 11) is 0. The minimum atomic E-state index is -0.296. The first-order valence-corrected chi connectivity index (χ1v) is 14.1. The van der Waals surface area contributed by atoms with E-state index in [1.165, 1.54) is 27.1 Å². The zero-order chi connectivity index (χ0) is 27.6. The fourth-order valence-electron chi connectivity index (χ4n) is 5.81. The highest BCUT2D eigenvalue weighted by atomic mass is 32.1. The van der Waals surface area contributed by atoms with E-state index in [2.05, 4.69) is 103 Å². The number of anilines is 3. The molecule has 0 radical (unpaired) electrons. The van der Waals surface area contributed by atoms with Gasteiger partial charge in [-0.2, -0.15) is 0 Å². The van der Waals surface area contributed by atoms with E-state index in [9.17, 15) is 9.59 Å². The number of pyridine rings is 1. The molecule has 0 unspecified atom stereocenters. The molecule has 7 rings (SSSR count). The van der Waals surface area contributed by atoms with Gasteiger partial charge in [-0.25, -0.2) is 0 Å².